The third kappa shape index (κ3) is 3.94. The Labute approximate surface area is 230 Å². The van der Waals surface area contributed by atoms with Crippen LogP contribution in [-0.2, 0) is 20.1 Å². The Hall–Kier alpha value is -3.85. The van der Waals surface area contributed by atoms with E-state index in [-0.39, 0.29) is 20.1 Å². The van der Waals surface area contributed by atoms with Crippen molar-refractivity contribution >= 4 is 44.7 Å². The molecule has 1 aliphatic heterocycles. The van der Waals surface area contributed by atoms with Crippen LogP contribution in [0, 0.1) is 26.6 Å². The molecule has 2 heterocycles. The van der Waals surface area contributed by atoms with Crippen LogP contribution < -0.4 is 9.80 Å². The zero-order chi connectivity index (χ0) is 24.2. The molecular weight excluding hydrogens is 633 g/mol. The van der Waals surface area contributed by atoms with Crippen molar-refractivity contribution in [3.8, 4) is 11.1 Å². The number of rotatable bonds is 3. The Morgan fingerprint density at radius 3 is 2.30 bits per heavy atom. The van der Waals surface area contributed by atoms with Crippen molar-refractivity contribution in [1.82, 2.24) is 0 Å². The third-order valence-corrected chi connectivity index (χ3v) is 6.88. The summed E-state index contributed by atoms with van der Waals surface area (Å²) in [7, 11) is 0. The van der Waals surface area contributed by atoms with Crippen LogP contribution in [0.4, 0.5) is 22.7 Å². The second-order valence-corrected chi connectivity index (χ2v) is 9.43. The van der Waals surface area contributed by atoms with Gasteiger partial charge in [0, 0.05) is 53.5 Å². The van der Waals surface area contributed by atoms with Gasteiger partial charge in [0.05, 0.1) is 0 Å². The normalized spacial score (nSPS) is 12.7. The van der Waals surface area contributed by atoms with Gasteiger partial charge in [0.25, 0.3) is 0 Å². The number of fused-ring (bicyclic) bond motifs is 4. The number of anilines is 4. The largest absolute Gasteiger partial charge is 0.493 e. The average molecular weight is 657 g/mol. The van der Waals surface area contributed by atoms with Gasteiger partial charge in [0.15, 0.2) is 0 Å². The first-order chi connectivity index (χ1) is 17.7. The SMILES string of the molecule is Cc1cc(C)cc(N2[CH-]N(c3[c-]cccc3)c3cc(-c4cccc5c4oc4ccccc45)ccc32)c1.[Ir]. The maximum absolute atomic E-state index is 6.35. The average Bonchev–Trinajstić information content (AvgIpc) is 3.47. The molecule has 0 N–H and O–H groups in total. The first-order valence-electron chi connectivity index (χ1n) is 12.2. The smallest absolute Gasteiger partial charge is 0.143 e. The zero-order valence-corrected chi connectivity index (χ0v) is 22.9. The van der Waals surface area contributed by atoms with E-state index in [9.17, 15) is 0 Å². The van der Waals surface area contributed by atoms with Crippen molar-refractivity contribution in [1.29, 1.82) is 0 Å². The molecule has 1 aliphatic rings. The second-order valence-electron chi connectivity index (χ2n) is 9.43. The van der Waals surface area contributed by atoms with Crippen molar-refractivity contribution in [3.63, 3.8) is 0 Å². The van der Waals surface area contributed by atoms with Crippen molar-refractivity contribution in [3.05, 3.63) is 127 Å². The maximum Gasteiger partial charge on any atom is 0.143 e. The Bertz CT molecular complexity index is 1740. The van der Waals surface area contributed by atoms with E-state index in [1.54, 1.807) is 0 Å². The number of nitrogens with zero attached hydrogens (tertiary/aromatic N) is 2. The molecule has 183 valence electrons. The van der Waals surface area contributed by atoms with Crippen LogP contribution in [0.5, 0.6) is 0 Å². The summed E-state index contributed by atoms with van der Waals surface area (Å²) in [6.45, 7) is 6.46. The summed E-state index contributed by atoms with van der Waals surface area (Å²) >= 11 is 0. The van der Waals surface area contributed by atoms with Crippen LogP contribution in [0.25, 0.3) is 33.1 Å². The first kappa shape index (κ1) is 23.5. The van der Waals surface area contributed by atoms with Gasteiger partial charge in [-0.15, -0.1) is 12.4 Å². The number of benzene rings is 5. The van der Waals surface area contributed by atoms with E-state index in [0.717, 1.165) is 55.8 Å². The first-order valence-corrected chi connectivity index (χ1v) is 12.2. The van der Waals surface area contributed by atoms with Gasteiger partial charge in [0.2, 0.25) is 0 Å². The molecule has 0 spiro atoms. The van der Waals surface area contributed by atoms with Gasteiger partial charge in [-0.2, -0.15) is 30.3 Å². The molecule has 37 heavy (non-hydrogen) atoms. The van der Waals surface area contributed by atoms with Gasteiger partial charge in [-0.1, -0.05) is 48.5 Å². The molecule has 1 aromatic heterocycles. The van der Waals surface area contributed by atoms with Crippen molar-refractivity contribution < 1.29 is 24.5 Å². The van der Waals surface area contributed by atoms with Crippen LogP contribution in [0.3, 0.4) is 0 Å². The summed E-state index contributed by atoms with van der Waals surface area (Å²) in [6.07, 6.45) is 0. The molecule has 0 saturated carbocycles. The summed E-state index contributed by atoms with van der Waals surface area (Å²) in [6, 6.07) is 39.5. The van der Waals surface area contributed by atoms with Crippen molar-refractivity contribution in [2.45, 2.75) is 13.8 Å². The predicted octanol–water partition coefficient (Wildman–Crippen LogP) is 9.08. The fourth-order valence-corrected chi connectivity index (χ4v) is 5.32. The molecular formula is C33H24IrN2O-2. The van der Waals surface area contributed by atoms with Crippen LogP contribution in [-0.4, -0.2) is 0 Å². The molecule has 0 bridgehead atoms. The Morgan fingerprint density at radius 2 is 1.49 bits per heavy atom. The number of para-hydroxylation sites is 3. The molecule has 5 aromatic carbocycles. The molecule has 0 fully saturated rings. The molecule has 3 nitrogen and oxygen atoms in total. The minimum Gasteiger partial charge on any atom is -0.493 e. The molecule has 7 rings (SSSR count). The number of hydrogen-bond donors (Lipinski definition) is 0. The monoisotopic (exact) mass is 657 g/mol. The summed E-state index contributed by atoms with van der Waals surface area (Å²) in [5.41, 5.74) is 10.9. The van der Waals surface area contributed by atoms with Gasteiger partial charge in [-0.25, -0.2) is 0 Å². The standard InChI is InChI=1S/C33H24N2O.Ir/c1-22-17-23(2)19-26(18-22)35-21-34(25-9-4-3-5-10-25)31-20-24(15-16-30(31)35)27-12-8-13-29-28-11-6-7-14-32(28)36-33(27)29;/h3-9,11-21H,1-2H3;/q-2;. The van der Waals surface area contributed by atoms with E-state index < -0.39 is 0 Å². The fraction of sp³-hybridized carbons (Fsp3) is 0.0606. The topological polar surface area (TPSA) is 19.6 Å². The van der Waals surface area contributed by atoms with Crippen LogP contribution >= 0.6 is 0 Å². The van der Waals surface area contributed by atoms with Gasteiger partial charge in [0.1, 0.15) is 11.2 Å². The van der Waals surface area contributed by atoms with Crippen molar-refractivity contribution in [2.75, 3.05) is 9.80 Å². The van der Waals surface area contributed by atoms with Crippen LogP contribution in [0.2, 0.25) is 0 Å². The predicted molar refractivity (Wildman–Crippen MR) is 149 cm³/mol. The van der Waals surface area contributed by atoms with Crippen LogP contribution in [0.1, 0.15) is 11.1 Å². The fourth-order valence-electron chi connectivity index (χ4n) is 5.32. The number of furan rings is 1. The Morgan fingerprint density at radius 1 is 0.703 bits per heavy atom. The van der Waals surface area contributed by atoms with Gasteiger partial charge in [-0.3, -0.25) is 0 Å². The molecule has 0 atom stereocenters. The summed E-state index contributed by atoms with van der Waals surface area (Å²) < 4.78 is 6.35. The minimum absolute atomic E-state index is 0. The van der Waals surface area contributed by atoms with Gasteiger partial charge < -0.3 is 14.2 Å². The minimum atomic E-state index is 0. The van der Waals surface area contributed by atoms with E-state index in [1.165, 1.54) is 11.1 Å². The summed E-state index contributed by atoms with van der Waals surface area (Å²) in [4.78, 5) is 4.48. The maximum atomic E-state index is 6.35. The van der Waals surface area contributed by atoms with E-state index in [0.29, 0.717) is 0 Å². The van der Waals surface area contributed by atoms with Gasteiger partial charge >= 0.3 is 0 Å². The van der Waals surface area contributed by atoms with E-state index in [4.69, 9.17) is 4.42 Å². The molecule has 6 aromatic rings. The molecule has 0 aliphatic carbocycles. The Kier molecular flexibility index (Phi) is 5.87. The molecule has 0 unspecified atom stereocenters. The van der Waals surface area contributed by atoms with E-state index >= 15 is 0 Å². The van der Waals surface area contributed by atoms with Crippen molar-refractivity contribution in [2.24, 2.45) is 0 Å². The van der Waals surface area contributed by atoms with Gasteiger partial charge in [-0.05, 0) is 60.9 Å². The molecule has 0 amide bonds. The van der Waals surface area contributed by atoms with Crippen LogP contribution in [0.15, 0.2) is 108 Å². The van der Waals surface area contributed by atoms with E-state index in [1.807, 2.05) is 24.3 Å². The van der Waals surface area contributed by atoms with E-state index in [2.05, 4.69) is 115 Å². The summed E-state index contributed by atoms with van der Waals surface area (Å²) in [5.74, 6) is 0. The number of hydrogen-bond acceptors (Lipinski definition) is 3. The number of aryl methyl sites for hydroxylation is 2. The molecule has 0 saturated heterocycles. The zero-order valence-electron chi connectivity index (χ0n) is 20.5. The summed E-state index contributed by atoms with van der Waals surface area (Å²) in [5, 5.41) is 2.28. The molecule has 4 heteroatoms. The third-order valence-electron chi connectivity index (χ3n) is 6.88. The second kappa shape index (κ2) is 9.23. The molecule has 1 radical (unpaired) electrons. The quantitative estimate of drug-likeness (QED) is 0.177. The Balaban J connectivity index is 0.00000252.